The van der Waals surface area contributed by atoms with E-state index in [2.05, 4.69) is 30.6 Å². The normalized spacial score (nSPS) is 16.3. The molecule has 7 nitrogen and oxygen atoms in total. The van der Waals surface area contributed by atoms with Gasteiger partial charge in [0.25, 0.3) is 0 Å². The summed E-state index contributed by atoms with van der Waals surface area (Å²) in [6.45, 7) is 3.40. The molecule has 7 heteroatoms. The van der Waals surface area contributed by atoms with Crippen LogP contribution >= 0.6 is 0 Å². The van der Waals surface area contributed by atoms with Crippen molar-refractivity contribution in [2.45, 2.75) is 31.6 Å². The predicted octanol–water partition coefficient (Wildman–Crippen LogP) is 2.20. The van der Waals surface area contributed by atoms with Gasteiger partial charge in [-0.3, -0.25) is 5.10 Å². The van der Waals surface area contributed by atoms with Gasteiger partial charge in [0.2, 0.25) is 0 Å². The van der Waals surface area contributed by atoms with E-state index in [1.165, 1.54) is 18.4 Å². The highest BCUT2D eigenvalue weighted by Crippen LogP contribution is 2.27. The van der Waals surface area contributed by atoms with E-state index in [9.17, 15) is 0 Å². The average Bonchev–Trinajstić information content (AvgIpc) is 3.35. The molecule has 0 amide bonds. The van der Waals surface area contributed by atoms with Crippen LogP contribution in [0.3, 0.4) is 0 Å². The van der Waals surface area contributed by atoms with Gasteiger partial charge in [0.15, 0.2) is 5.82 Å². The quantitative estimate of drug-likeness (QED) is 0.746. The van der Waals surface area contributed by atoms with Gasteiger partial charge < -0.3 is 4.90 Å². The molecular weight excluding hydrogens is 314 g/mol. The van der Waals surface area contributed by atoms with E-state index in [0.717, 1.165) is 44.0 Å². The van der Waals surface area contributed by atoms with Crippen molar-refractivity contribution in [3.8, 4) is 5.69 Å². The smallest absolute Gasteiger partial charge is 0.156 e. The standard InChI is InChI=1S/C18H23N7/c1-2-5-17(6-3-1)25-18(21-22-23-25)7-4-10-24-11-8-15(9-12-24)16-13-19-20-14-16/h1-3,5-6,13-15H,4,7-12H2,(H,19,20). The van der Waals surface area contributed by atoms with E-state index in [-0.39, 0.29) is 0 Å². The van der Waals surface area contributed by atoms with Crippen molar-refractivity contribution in [3.63, 3.8) is 0 Å². The van der Waals surface area contributed by atoms with Gasteiger partial charge in [-0.05, 0) is 72.9 Å². The molecule has 1 N–H and O–H groups in total. The number of nitrogens with one attached hydrogen (secondary N) is 1. The maximum Gasteiger partial charge on any atom is 0.156 e. The first-order valence-corrected chi connectivity index (χ1v) is 8.94. The number of aromatic amines is 1. The molecule has 1 aliphatic heterocycles. The highest BCUT2D eigenvalue weighted by molar-refractivity contribution is 5.30. The lowest BCUT2D eigenvalue weighted by atomic mass is 9.91. The number of rotatable bonds is 6. The van der Waals surface area contributed by atoms with Gasteiger partial charge >= 0.3 is 0 Å². The lowest BCUT2D eigenvalue weighted by Gasteiger charge is -2.31. The molecule has 3 aromatic rings. The van der Waals surface area contributed by atoms with Gasteiger partial charge in [0, 0.05) is 12.6 Å². The summed E-state index contributed by atoms with van der Waals surface area (Å²) in [5.74, 6) is 1.58. The van der Waals surface area contributed by atoms with E-state index in [1.807, 2.05) is 47.4 Å². The van der Waals surface area contributed by atoms with Crippen LogP contribution < -0.4 is 0 Å². The molecule has 0 spiro atoms. The molecule has 1 fully saturated rings. The molecule has 25 heavy (non-hydrogen) atoms. The summed E-state index contributed by atoms with van der Waals surface area (Å²) >= 11 is 0. The van der Waals surface area contributed by atoms with Crippen LogP contribution in [0.15, 0.2) is 42.7 Å². The number of para-hydroxylation sites is 1. The van der Waals surface area contributed by atoms with Crippen LogP contribution in [0.2, 0.25) is 0 Å². The molecule has 0 bridgehead atoms. The third kappa shape index (κ3) is 3.76. The maximum absolute atomic E-state index is 4.19. The fourth-order valence-electron chi connectivity index (χ4n) is 3.57. The van der Waals surface area contributed by atoms with Gasteiger partial charge in [-0.25, -0.2) is 0 Å². The summed E-state index contributed by atoms with van der Waals surface area (Å²) in [5, 5.41) is 19.2. The van der Waals surface area contributed by atoms with Crippen molar-refractivity contribution >= 4 is 0 Å². The van der Waals surface area contributed by atoms with Crippen LogP contribution in [-0.4, -0.2) is 54.9 Å². The third-order valence-corrected chi connectivity index (χ3v) is 4.99. The number of nitrogens with zero attached hydrogens (tertiary/aromatic N) is 6. The number of aryl methyl sites for hydroxylation is 1. The Hall–Kier alpha value is -2.54. The van der Waals surface area contributed by atoms with Crippen molar-refractivity contribution in [1.82, 2.24) is 35.3 Å². The van der Waals surface area contributed by atoms with E-state index < -0.39 is 0 Å². The van der Waals surface area contributed by atoms with E-state index >= 15 is 0 Å². The SMILES string of the molecule is c1ccc(-n2nnnc2CCCN2CCC(c3cn[nH]c3)CC2)cc1. The Bertz CT molecular complexity index is 758. The van der Waals surface area contributed by atoms with E-state index in [4.69, 9.17) is 0 Å². The Balaban J connectivity index is 1.26. The Morgan fingerprint density at radius 1 is 1.12 bits per heavy atom. The number of benzene rings is 1. The molecule has 1 aromatic carbocycles. The van der Waals surface area contributed by atoms with Crippen LogP contribution in [0, 0.1) is 0 Å². The summed E-state index contributed by atoms with van der Waals surface area (Å²) < 4.78 is 1.84. The second kappa shape index (κ2) is 7.57. The minimum atomic E-state index is 0.653. The number of piperidine rings is 1. The molecule has 130 valence electrons. The first-order chi connectivity index (χ1) is 12.4. The van der Waals surface area contributed by atoms with Crippen LogP contribution in [-0.2, 0) is 6.42 Å². The Kier molecular flexibility index (Phi) is 4.83. The summed E-state index contributed by atoms with van der Waals surface area (Å²) in [6, 6.07) is 10.1. The highest BCUT2D eigenvalue weighted by Gasteiger charge is 2.21. The Labute approximate surface area is 147 Å². The van der Waals surface area contributed by atoms with Crippen molar-refractivity contribution < 1.29 is 0 Å². The highest BCUT2D eigenvalue weighted by atomic mass is 15.5. The Morgan fingerprint density at radius 2 is 1.96 bits per heavy atom. The molecule has 3 heterocycles. The molecule has 0 aliphatic carbocycles. The molecule has 1 saturated heterocycles. The second-order valence-electron chi connectivity index (χ2n) is 6.59. The zero-order valence-electron chi connectivity index (χ0n) is 14.3. The summed E-state index contributed by atoms with van der Waals surface area (Å²) in [7, 11) is 0. The molecule has 1 aliphatic rings. The predicted molar refractivity (Wildman–Crippen MR) is 94.5 cm³/mol. The molecule has 0 atom stereocenters. The van der Waals surface area contributed by atoms with Gasteiger partial charge in [0.1, 0.15) is 0 Å². The zero-order valence-corrected chi connectivity index (χ0v) is 14.3. The monoisotopic (exact) mass is 337 g/mol. The first kappa shape index (κ1) is 16.0. The van der Waals surface area contributed by atoms with Crippen molar-refractivity contribution in [2.24, 2.45) is 0 Å². The van der Waals surface area contributed by atoms with Gasteiger partial charge in [-0.15, -0.1) is 5.10 Å². The van der Waals surface area contributed by atoms with Gasteiger partial charge in [-0.1, -0.05) is 18.2 Å². The van der Waals surface area contributed by atoms with Crippen LogP contribution in [0.25, 0.3) is 5.69 Å². The fourth-order valence-corrected chi connectivity index (χ4v) is 3.57. The summed E-state index contributed by atoms with van der Waals surface area (Å²) in [4.78, 5) is 2.55. The summed E-state index contributed by atoms with van der Waals surface area (Å²) in [6.07, 6.45) is 8.38. The van der Waals surface area contributed by atoms with E-state index in [1.54, 1.807) is 0 Å². The number of hydrogen-bond acceptors (Lipinski definition) is 5. The van der Waals surface area contributed by atoms with E-state index in [0.29, 0.717) is 5.92 Å². The Morgan fingerprint density at radius 3 is 2.72 bits per heavy atom. The van der Waals surface area contributed by atoms with Crippen molar-refractivity contribution in [2.75, 3.05) is 19.6 Å². The third-order valence-electron chi connectivity index (χ3n) is 4.99. The topological polar surface area (TPSA) is 75.5 Å². The molecular formula is C18H23N7. The lowest BCUT2D eigenvalue weighted by Crippen LogP contribution is -2.33. The molecule has 4 rings (SSSR count). The first-order valence-electron chi connectivity index (χ1n) is 8.94. The number of aromatic nitrogens is 6. The number of H-pyrrole nitrogens is 1. The largest absolute Gasteiger partial charge is 0.303 e. The van der Waals surface area contributed by atoms with Crippen LogP contribution in [0.4, 0.5) is 0 Å². The fraction of sp³-hybridized carbons (Fsp3) is 0.444. The number of likely N-dealkylation sites (tertiary alicyclic amines) is 1. The lowest BCUT2D eigenvalue weighted by molar-refractivity contribution is 0.210. The van der Waals surface area contributed by atoms with Gasteiger partial charge in [-0.2, -0.15) is 9.78 Å². The van der Waals surface area contributed by atoms with Gasteiger partial charge in [0.05, 0.1) is 11.9 Å². The van der Waals surface area contributed by atoms with Crippen LogP contribution in [0.5, 0.6) is 0 Å². The van der Waals surface area contributed by atoms with Crippen molar-refractivity contribution in [3.05, 3.63) is 54.1 Å². The molecule has 0 saturated carbocycles. The molecule has 0 radical (unpaired) electrons. The maximum atomic E-state index is 4.19. The van der Waals surface area contributed by atoms with Crippen molar-refractivity contribution in [1.29, 1.82) is 0 Å². The molecule has 0 unspecified atom stereocenters. The molecule has 2 aromatic heterocycles. The summed E-state index contributed by atoms with van der Waals surface area (Å²) in [5.41, 5.74) is 2.37. The second-order valence-corrected chi connectivity index (χ2v) is 6.59. The average molecular weight is 337 g/mol. The number of hydrogen-bond donors (Lipinski definition) is 1. The minimum absolute atomic E-state index is 0.653. The van der Waals surface area contributed by atoms with Crippen LogP contribution in [0.1, 0.15) is 36.6 Å². The minimum Gasteiger partial charge on any atom is -0.303 e. The number of tetrazole rings is 1. The zero-order chi connectivity index (χ0) is 16.9.